The second kappa shape index (κ2) is 6.38. The number of hydrogen-bond acceptors (Lipinski definition) is 3. The molecule has 0 aliphatic carbocycles. The Balaban J connectivity index is 1.87. The third kappa shape index (κ3) is 3.58. The molecule has 1 heterocycles. The molecule has 1 N–H and O–H groups in total. The maximum atomic E-state index is 5.15. The molecule has 0 amide bonds. The van der Waals surface area contributed by atoms with Gasteiger partial charge in [-0.15, -0.1) is 0 Å². The average Bonchev–Trinajstić information content (AvgIpc) is 2.98. The summed E-state index contributed by atoms with van der Waals surface area (Å²) in [4.78, 5) is 0. The monoisotopic (exact) mass is 259 g/mol. The number of benzene rings is 1. The van der Waals surface area contributed by atoms with Gasteiger partial charge in [0, 0.05) is 25.0 Å². The summed E-state index contributed by atoms with van der Waals surface area (Å²) in [6, 6.07) is 10.8. The van der Waals surface area contributed by atoms with Crippen LogP contribution in [0, 0.1) is 0 Å². The maximum Gasteiger partial charge on any atom is 0.118 e. The highest BCUT2D eigenvalue weighted by Gasteiger charge is 2.13. The smallest absolute Gasteiger partial charge is 0.118 e. The van der Waals surface area contributed by atoms with Crippen molar-refractivity contribution in [2.45, 2.75) is 32.5 Å². The van der Waals surface area contributed by atoms with Gasteiger partial charge < -0.3 is 10.1 Å². The summed E-state index contributed by atoms with van der Waals surface area (Å²) >= 11 is 0. The fourth-order valence-corrected chi connectivity index (χ4v) is 1.94. The summed E-state index contributed by atoms with van der Waals surface area (Å²) in [5.41, 5.74) is 1.25. The van der Waals surface area contributed by atoms with Crippen molar-refractivity contribution in [2.24, 2.45) is 0 Å². The first kappa shape index (κ1) is 13.6. The Morgan fingerprint density at radius 1 is 1.26 bits per heavy atom. The van der Waals surface area contributed by atoms with Crippen LogP contribution in [0.4, 0.5) is 0 Å². The molecule has 19 heavy (non-hydrogen) atoms. The summed E-state index contributed by atoms with van der Waals surface area (Å²) in [6.45, 7) is 5.19. The SMILES string of the molecule is COc1ccc(CNC(C)C(C)n2cccn2)cc1. The molecular formula is C15H21N3O. The molecule has 0 saturated carbocycles. The molecule has 0 bridgehead atoms. The van der Waals surface area contributed by atoms with Crippen LogP contribution in [0.15, 0.2) is 42.7 Å². The lowest BCUT2D eigenvalue weighted by Gasteiger charge is -2.21. The fourth-order valence-electron chi connectivity index (χ4n) is 1.94. The number of methoxy groups -OCH3 is 1. The van der Waals surface area contributed by atoms with E-state index in [9.17, 15) is 0 Å². The molecule has 4 nitrogen and oxygen atoms in total. The van der Waals surface area contributed by atoms with Gasteiger partial charge in [0.2, 0.25) is 0 Å². The first-order valence-electron chi connectivity index (χ1n) is 6.56. The number of aromatic nitrogens is 2. The van der Waals surface area contributed by atoms with Crippen molar-refractivity contribution >= 4 is 0 Å². The molecule has 0 spiro atoms. The molecule has 4 heteroatoms. The maximum absolute atomic E-state index is 5.15. The molecule has 0 aliphatic heterocycles. The largest absolute Gasteiger partial charge is 0.497 e. The van der Waals surface area contributed by atoms with Crippen LogP contribution in [-0.2, 0) is 6.54 Å². The number of nitrogens with zero attached hydrogens (tertiary/aromatic N) is 2. The molecule has 102 valence electrons. The zero-order valence-electron chi connectivity index (χ0n) is 11.7. The van der Waals surface area contributed by atoms with Crippen molar-refractivity contribution in [3.8, 4) is 5.75 Å². The Morgan fingerprint density at radius 3 is 2.58 bits per heavy atom. The fraction of sp³-hybridized carbons (Fsp3) is 0.400. The second-order valence-electron chi connectivity index (χ2n) is 4.74. The molecule has 1 aromatic carbocycles. The minimum atomic E-state index is 0.327. The highest BCUT2D eigenvalue weighted by Crippen LogP contribution is 2.13. The van der Waals surface area contributed by atoms with E-state index in [1.54, 1.807) is 7.11 Å². The van der Waals surface area contributed by atoms with E-state index in [1.807, 2.05) is 35.3 Å². The molecule has 2 rings (SSSR count). The van der Waals surface area contributed by atoms with E-state index in [1.165, 1.54) is 5.56 Å². The van der Waals surface area contributed by atoms with Crippen molar-refractivity contribution in [3.05, 3.63) is 48.3 Å². The molecule has 1 aromatic heterocycles. The van der Waals surface area contributed by atoms with Gasteiger partial charge in [0.25, 0.3) is 0 Å². The average molecular weight is 259 g/mol. The van der Waals surface area contributed by atoms with Gasteiger partial charge in [-0.2, -0.15) is 5.10 Å². The molecule has 2 aromatic rings. The van der Waals surface area contributed by atoms with Crippen molar-refractivity contribution in [1.29, 1.82) is 0 Å². The van der Waals surface area contributed by atoms with Gasteiger partial charge in [0.15, 0.2) is 0 Å². The molecule has 0 radical (unpaired) electrons. The van der Waals surface area contributed by atoms with Gasteiger partial charge in [0.1, 0.15) is 5.75 Å². The van der Waals surface area contributed by atoms with E-state index in [2.05, 4.69) is 36.4 Å². The third-order valence-corrected chi connectivity index (χ3v) is 3.45. The summed E-state index contributed by atoms with van der Waals surface area (Å²) in [7, 11) is 1.68. The summed E-state index contributed by atoms with van der Waals surface area (Å²) in [5.74, 6) is 0.890. The van der Waals surface area contributed by atoms with E-state index >= 15 is 0 Å². The van der Waals surface area contributed by atoms with E-state index < -0.39 is 0 Å². The minimum absolute atomic E-state index is 0.327. The zero-order valence-corrected chi connectivity index (χ0v) is 11.7. The lowest BCUT2D eigenvalue weighted by atomic mass is 10.1. The van der Waals surface area contributed by atoms with Crippen molar-refractivity contribution in [3.63, 3.8) is 0 Å². The Kier molecular flexibility index (Phi) is 4.58. The van der Waals surface area contributed by atoms with Gasteiger partial charge in [-0.25, -0.2) is 0 Å². The van der Waals surface area contributed by atoms with E-state index in [-0.39, 0.29) is 0 Å². The molecular weight excluding hydrogens is 238 g/mol. The lowest BCUT2D eigenvalue weighted by molar-refractivity contribution is 0.365. The Labute approximate surface area is 114 Å². The lowest BCUT2D eigenvalue weighted by Crippen LogP contribution is -2.33. The van der Waals surface area contributed by atoms with Crippen molar-refractivity contribution in [2.75, 3.05) is 7.11 Å². The summed E-state index contributed by atoms with van der Waals surface area (Å²) in [5, 5.41) is 7.80. The number of hydrogen-bond donors (Lipinski definition) is 1. The van der Waals surface area contributed by atoms with Crippen LogP contribution in [0.5, 0.6) is 5.75 Å². The molecule has 0 aliphatic rings. The van der Waals surface area contributed by atoms with Crippen molar-refractivity contribution < 1.29 is 4.74 Å². The van der Waals surface area contributed by atoms with Gasteiger partial charge in [-0.1, -0.05) is 12.1 Å². The van der Waals surface area contributed by atoms with Crippen LogP contribution < -0.4 is 10.1 Å². The Morgan fingerprint density at radius 2 is 2.00 bits per heavy atom. The quantitative estimate of drug-likeness (QED) is 0.866. The Bertz CT molecular complexity index is 479. The van der Waals surface area contributed by atoms with Crippen LogP contribution in [0.3, 0.4) is 0 Å². The third-order valence-electron chi connectivity index (χ3n) is 3.45. The van der Waals surface area contributed by atoms with Crippen LogP contribution in [0.1, 0.15) is 25.5 Å². The zero-order chi connectivity index (χ0) is 13.7. The van der Waals surface area contributed by atoms with Gasteiger partial charge in [-0.05, 0) is 37.6 Å². The first-order valence-corrected chi connectivity index (χ1v) is 6.56. The number of rotatable bonds is 6. The highest BCUT2D eigenvalue weighted by atomic mass is 16.5. The molecule has 0 fully saturated rings. The topological polar surface area (TPSA) is 39.1 Å². The van der Waals surface area contributed by atoms with E-state index in [4.69, 9.17) is 4.74 Å². The van der Waals surface area contributed by atoms with Gasteiger partial charge in [-0.3, -0.25) is 4.68 Å². The van der Waals surface area contributed by atoms with Crippen LogP contribution in [0.25, 0.3) is 0 Å². The van der Waals surface area contributed by atoms with Crippen molar-refractivity contribution in [1.82, 2.24) is 15.1 Å². The standard InChI is InChI=1S/C15H21N3O/c1-12(13(2)18-10-4-9-17-18)16-11-14-5-7-15(19-3)8-6-14/h4-10,12-13,16H,11H2,1-3H3. The molecule has 2 atom stereocenters. The normalized spacial score (nSPS) is 14.1. The summed E-state index contributed by atoms with van der Waals surface area (Å²) in [6.07, 6.45) is 3.81. The van der Waals surface area contributed by atoms with Crippen LogP contribution in [0.2, 0.25) is 0 Å². The van der Waals surface area contributed by atoms with Gasteiger partial charge in [0.05, 0.1) is 13.2 Å². The highest BCUT2D eigenvalue weighted by molar-refractivity contribution is 5.27. The summed E-state index contributed by atoms with van der Waals surface area (Å²) < 4.78 is 7.13. The molecule has 2 unspecified atom stereocenters. The minimum Gasteiger partial charge on any atom is -0.497 e. The number of nitrogens with one attached hydrogen (secondary N) is 1. The van der Waals surface area contributed by atoms with E-state index in [0.717, 1.165) is 12.3 Å². The second-order valence-corrected chi connectivity index (χ2v) is 4.74. The molecule has 0 saturated heterocycles. The predicted octanol–water partition coefficient (Wildman–Crippen LogP) is 2.63. The van der Waals surface area contributed by atoms with Crippen LogP contribution in [-0.4, -0.2) is 22.9 Å². The van der Waals surface area contributed by atoms with Crippen LogP contribution >= 0.6 is 0 Å². The van der Waals surface area contributed by atoms with Gasteiger partial charge >= 0.3 is 0 Å². The predicted molar refractivity (Wildman–Crippen MR) is 76.2 cm³/mol. The first-order chi connectivity index (χ1) is 9.20. The van der Waals surface area contributed by atoms with E-state index in [0.29, 0.717) is 12.1 Å². The Hall–Kier alpha value is -1.81. The number of ether oxygens (including phenoxy) is 1.